The number of piperidine rings is 1. The van der Waals surface area contributed by atoms with Gasteiger partial charge in [0.1, 0.15) is 0 Å². The van der Waals surface area contributed by atoms with Gasteiger partial charge in [0.25, 0.3) is 10.0 Å². The van der Waals surface area contributed by atoms with Crippen LogP contribution >= 0.6 is 0 Å². The van der Waals surface area contributed by atoms with Crippen molar-refractivity contribution >= 4 is 21.6 Å². The van der Waals surface area contributed by atoms with Crippen molar-refractivity contribution in [1.29, 1.82) is 0 Å². The smallest absolute Gasteiger partial charge is 0.261 e. The summed E-state index contributed by atoms with van der Waals surface area (Å²) in [4.78, 5) is 12.5. The van der Waals surface area contributed by atoms with E-state index in [4.69, 9.17) is 0 Å². The lowest BCUT2D eigenvalue weighted by molar-refractivity contribution is -0.125. The van der Waals surface area contributed by atoms with Crippen LogP contribution in [0.1, 0.15) is 18.4 Å². The first kappa shape index (κ1) is 18.4. The Bertz CT molecular complexity index is 847. The average Bonchev–Trinajstić information content (AvgIpc) is 2.68. The van der Waals surface area contributed by atoms with Gasteiger partial charge in [-0.05, 0) is 43.1 Å². The molecule has 1 fully saturated rings. The Morgan fingerprint density at radius 2 is 1.81 bits per heavy atom. The number of sulfonamides is 1. The summed E-state index contributed by atoms with van der Waals surface area (Å²) in [6.45, 7) is 1.92. The molecule has 26 heavy (non-hydrogen) atoms. The van der Waals surface area contributed by atoms with Crippen LogP contribution in [0, 0.1) is 5.92 Å². The van der Waals surface area contributed by atoms with E-state index in [1.807, 2.05) is 12.1 Å². The largest absolute Gasteiger partial charge is 0.352 e. The van der Waals surface area contributed by atoms with Crippen LogP contribution in [0.3, 0.4) is 0 Å². The Hall–Kier alpha value is -2.38. The molecule has 3 rings (SSSR count). The van der Waals surface area contributed by atoms with E-state index < -0.39 is 10.0 Å². The minimum Gasteiger partial charge on any atom is -0.352 e. The first-order chi connectivity index (χ1) is 12.6. The molecule has 0 aliphatic carbocycles. The Morgan fingerprint density at radius 1 is 1.08 bits per heavy atom. The molecule has 7 heteroatoms. The molecule has 0 aromatic heterocycles. The highest BCUT2D eigenvalue weighted by molar-refractivity contribution is 7.92. The second-order valence-corrected chi connectivity index (χ2v) is 8.02. The summed E-state index contributed by atoms with van der Waals surface area (Å²) < 4.78 is 27.7. The molecule has 1 aliphatic rings. The number of hydrogen-bond acceptors (Lipinski definition) is 4. The van der Waals surface area contributed by atoms with Gasteiger partial charge in [0.05, 0.1) is 16.5 Å². The van der Waals surface area contributed by atoms with Crippen molar-refractivity contribution in [3.8, 4) is 0 Å². The van der Waals surface area contributed by atoms with Crippen LogP contribution in [0.25, 0.3) is 0 Å². The Balaban J connectivity index is 1.69. The Kier molecular flexibility index (Phi) is 5.90. The molecule has 2 aromatic rings. The molecule has 0 radical (unpaired) electrons. The number of benzene rings is 2. The summed E-state index contributed by atoms with van der Waals surface area (Å²) >= 11 is 0. The van der Waals surface area contributed by atoms with E-state index in [9.17, 15) is 13.2 Å². The zero-order valence-corrected chi connectivity index (χ0v) is 15.3. The Labute approximate surface area is 154 Å². The molecule has 1 heterocycles. The van der Waals surface area contributed by atoms with E-state index >= 15 is 0 Å². The minimum atomic E-state index is -3.67. The fourth-order valence-electron chi connectivity index (χ4n) is 2.98. The predicted octanol–water partition coefficient (Wildman–Crippen LogP) is 2.10. The van der Waals surface area contributed by atoms with Crippen molar-refractivity contribution in [1.82, 2.24) is 10.6 Å². The molecule has 3 N–H and O–H groups in total. The Morgan fingerprint density at radius 3 is 2.54 bits per heavy atom. The lowest BCUT2D eigenvalue weighted by Gasteiger charge is -2.22. The molecule has 0 saturated carbocycles. The molecule has 1 amide bonds. The number of anilines is 1. The monoisotopic (exact) mass is 373 g/mol. The third-order valence-electron chi connectivity index (χ3n) is 4.44. The fraction of sp³-hybridized carbons (Fsp3) is 0.316. The third kappa shape index (κ3) is 4.62. The van der Waals surface area contributed by atoms with E-state index in [1.54, 1.807) is 42.5 Å². The van der Waals surface area contributed by atoms with Crippen LogP contribution in [0.4, 0.5) is 5.69 Å². The van der Waals surface area contributed by atoms with Crippen molar-refractivity contribution in [3.63, 3.8) is 0 Å². The summed E-state index contributed by atoms with van der Waals surface area (Å²) in [5, 5.41) is 6.14. The first-order valence-electron chi connectivity index (χ1n) is 8.70. The maximum atomic E-state index is 12.5. The van der Waals surface area contributed by atoms with Gasteiger partial charge in [-0.3, -0.25) is 9.52 Å². The minimum absolute atomic E-state index is 0.00193. The van der Waals surface area contributed by atoms with Crippen LogP contribution in [0.2, 0.25) is 0 Å². The average molecular weight is 373 g/mol. The van der Waals surface area contributed by atoms with E-state index in [1.165, 1.54) is 0 Å². The van der Waals surface area contributed by atoms with Crippen LogP contribution in [-0.4, -0.2) is 27.4 Å². The van der Waals surface area contributed by atoms with E-state index in [-0.39, 0.29) is 23.3 Å². The first-order valence-corrected chi connectivity index (χ1v) is 10.2. The van der Waals surface area contributed by atoms with Gasteiger partial charge in [-0.2, -0.15) is 0 Å². The van der Waals surface area contributed by atoms with Crippen molar-refractivity contribution in [2.45, 2.75) is 24.3 Å². The van der Waals surface area contributed by atoms with Gasteiger partial charge in [0.15, 0.2) is 0 Å². The fourth-order valence-corrected chi connectivity index (χ4v) is 4.10. The van der Waals surface area contributed by atoms with Gasteiger partial charge in [-0.15, -0.1) is 0 Å². The quantitative estimate of drug-likeness (QED) is 0.724. The molecular formula is C19H23N3O3S. The highest BCUT2D eigenvalue weighted by Gasteiger charge is 2.21. The van der Waals surface area contributed by atoms with E-state index in [0.29, 0.717) is 12.2 Å². The highest BCUT2D eigenvalue weighted by atomic mass is 32.2. The number of para-hydroxylation sites is 1. The number of amides is 1. The maximum absolute atomic E-state index is 12.5. The predicted molar refractivity (Wildman–Crippen MR) is 101 cm³/mol. The van der Waals surface area contributed by atoms with Gasteiger partial charge in [0, 0.05) is 13.1 Å². The van der Waals surface area contributed by atoms with E-state index in [0.717, 1.165) is 24.9 Å². The van der Waals surface area contributed by atoms with Gasteiger partial charge < -0.3 is 10.6 Å². The lowest BCUT2D eigenvalue weighted by Crippen LogP contribution is -2.40. The maximum Gasteiger partial charge on any atom is 0.261 e. The molecule has 1 aliphatic heterocycles. The van der Waals surface area contributed by atoms with Crippen molar-refractivity contribution < 1.29 is 13.2 Å². The summed E-state index contributed by atoms with van der Waals surface area (Å²) in [6, 6.07) is 15.3. The highest BCUT2D eigenvalue weighted by Crippen LogP contribution is 2.20. The molecule has 0 bridgehead atoms. The molecule has 138 valence electrons. The van der Waals surface area contributed by atoms with E-state index in [2.05, 4.69) is 15.4 Å². The third-order valence-corrected chi connectivity index (χ3v) is 5.82. The van der Waals surface area contributed by atoms with Crippen molar-refractivity contribution in [2.75, 3.05) is 17.8 Å². The molecule has 6 nitrogen and oxygen atoms in total. The molecule has 0 spiro atoms. The van der Waals surface area contributed by atoms with Crippen LogP contribution in [-0.2, 0) is 21.4 Å². The summed E-state index contributed by atoms with van der Waals surface area (Å²) in [7, 11) is -3.67. The molecule has 1 unspecified atom stereocenters. The SMILES string of the molecule is O=C(NCc1ccccc1NS(=O)(=O)c1ccccc1)C1CCCNC1. The number of carbonyl (C=O) groups is 1. The molecule has 1 atom stereocenters. The van der Waals surface area contributed by atoms with Gasteiger partial charge >= 0.3 is 0 Å². The second kappa shape index (κ2) is 8.33. The van der Waals surface area contributed by atoms with Gasteiger partial charge in [-0.25, -0.2) is 8.42 Å². The van der Waals surface area contributed by atoms with Crippen LogP contribution in [0.15, 0.2) is 59.5 Å². The van der Waals surface area contributed by atoms with Crippen LogP contribution < -0.4 is 15.4 Å². The molecule has 2 aromatic carbocycles. The summed E-state index contributed by atoms with van der Waals surface area (Å²) in [5.74, 6) is -0.0326. The topological polar surface area (TPSA) is 87.3 Å². The van der Waals surface area contributed by atoms with Gasteiger partial charge in [-0.1, -0.05) is 36.4 Å². The van der Waals surface area contributed by atoms with Crippen molar-refractivity contribution in [2.24, 2.45) is 5.92 Å². The lowest BCUT2D eigenvalue weighted by atomic mass is 9.99. The number of nitrogens with one attached hydrogen (secondary N) is 3. The zero-order valence-electron chi connectivity index (χ0n) is 14.4. The van der Waals surface area contributed by atoms with Crippen molar-refractivity contribution in [3.05, 3.63) is 60.2 Å². The standard InChI is InChI=1S/C19H23N3O3S/c23-19(16-8-6-12-20-13-16)21-14-15-7-4-5-11-18(15)22-26(24,25)17-9-2-1-3-10-17/h1-5,7,9-11,16,20,22H,6,8,12-14H2,(H,21,23). The number of carbonyl (C=O) groups excluding carboxylic acids is 1. The number of rotatable bonds is 6. The van der Waals surface area contributed by atoms with Crippen LogP contribution in [0.5, 0.6) is 0 Å². The molecule has 1 saturated heterocycles. The molecular weight excluding hydrogens is 350 g/mol. The second-order valence-electron chi connectivity index (χ2n) is 6.34. The number of hydrogen-bond donors (Lipinski definition) is 3. The summed E-state index contributed by atoms with van der Waals surface area (Å²) in [6.07, 6.45) is 1.87. The normalized spacial score (nSPS) is 17.5. The summed E-state index contributed by atoms with van der Waals surface area (Å²) in [5.41, 5.74) is 1.20. The zero-order chi connectivity index (χ0) is 18.4. The van der Waals surface area contributed by atoms with Gasteiger partial charge in [0.2, 0.25) is 5.91 Å².